The van der Waals surface area contributed by atoms with E-state index in [9.17, 15) is 4.79 Å². The fraction of sp³-hybridized carbons (Fsp3) is 0.263. The Hall–Kier alpha value is -2.65. The molecule has 0 saturated heterocycles. The number of rotatable bonds is 6. The molecule has 3 aromatic heterocycles. The zero-order valence-corrected chi connectivity index (χ0v) is 17.5. The van der Waals surface area contributed by atoms with Crippen LogP contribution in [0, 0.1) is 6.92 Å². The molecule has 0 atom stereocenters. The third-order valence-electron chi connectivity index (χ3n) is 4.38. The molecule has 144 valence electrons. The van der Waals surface area contributed by atoms with E-state index in [-0.39, 0.29) is 12.5 Å². The van der Waals surface area contributed by atoms with E-state index < -0.39 is 0 Å². The summed E-state index contributed by atoms with van der Waals surface area (Å²) < 4.78 is 3.92. The summed E-state index contributed by atoms with van der Waals surface area (Å²) in [6.07, 6.45) is 5.68. The average Bonchev–Trinajstić information content (AvgIpc) is 3.33. The van der Waals surface area contributed by atoms with Gasteiger partial charge in [-0.15, -0.1) is 0 Å². The molecule has 4 aromatic rings. The minimum absolute atomic E-state index is 0.120. The van der Waals surface area contributed by atoms with Crippen LogP contribution in [0.4, 0.5) is 5.13 Å². The molecule has 0 saturated carbocycles. The van der Waals surface area contributed by atoms with Crippen molar-refractivity contribution in [3.63, 3.8) is 0 Å². The summed E-state index contributed by atoms with van der Waals surface area (Å²) in [7, 11) is 1.94. The molecule has 1 amide bonds. The monoisotopic (exact) mass is 412 g/mol. The number of thioether (sulfide) groups is 1. The second-order valence-corrected chi connectivity index (χ2v) is 8.24. The highest BCUT2D eigenvalue weighted by atomic mass is 32.2. The van der Waals surface area contributed by atoms with Gasteiger partial charge in [0.2, 0.25) is 5.91 Å². The summed E-state index contributed by atoms with van der Waals surface area (Å²) in [5.41, 5.74) is 2.72. The van der Waals surface area contributed by atoms with E-state index in [1.807, 2.05) is 59.8 Å². The van der Waals surface area contributed by atoms with Crippen LogP contribution in [0.2, 0.25) is 0 Å². The van der Waals surface area contributed by atoms with Crippen molar-refractivity contribution < 1.29 is 4.79 Å². The summed E-state index contributed by atoms with van der Waals surface area (Å²) >= 11 is 3.12. The molecule has 4 rings (SSSR count). The van der Waals surface area contributed by atoms with Crippen molar-refractivity contribution >= 4 is 45.2 Å². The third-order valence-corrected chi connectivity index (χ3v) is 5.99. The fourth-order valence-corrected chi connectivity index (χ4v) is 4.59. The molecule has 1 N–H and O–H groups in total. The number of anilines is 1. The molecule has 0 unspecified atom stereocenters. The lowest BCUT2D eigenvalue weighted by Crippen LogP contribution is -2.20. The maximum Gasteiger partial charge on any atom is 0.246 e. The van der Waals surface area contributed by atoms with Crippen LogP contribution in [-0.4, -0.2) is 36.2 Å². The lowest BCUT2D eigenvalue weighted by molar-refractivity contribution is -0.116. The summed E-state index contributed by atoms with van der Waals surface area (Å²) in [6.45, 7) is 2.13. The Bertz CT molecular complexity index is 1140. The lowest BCUT2D eigenvalue weighted by atomic mass is 10.3. The predicted octanol–water partition coefficient (Wildman–Crippen LogP) is 3.70. The number of nitrogens with one attached hydrogen (secondary N) is 1. The number of hydrogen-bond acceptors (Lipinski definition) is 6. The van der Waals surface area contributed by atoms with Gasteiger partial charge in [-0.05, 0) is 25.3 Å². The van der Waals surface area contributed by atoms with Gasteiger partial charge in [-0.2, -0.15) is 11.8 Å². The zero-order chi connectivity index (χ0) is 19.7. The van der Waals surface area contributed by atoms with Crippen molar-refractivity contribution in [2.45, 2.75) is 19.2 Å². The molecule has 0 bridgehead atoms. The number of nitrogens with zero attached hydrogens (tertiary/aromatic N) is 5. The minimum atomic E-state index is -0.120. The highest BCUT2D eigenvalue weighted by molar-refractivity contribution is 7.97. The molecule has 0 fully saturated rings. The number of para-hydroxylation sites is 2. The Morgan fingerprint density at radius 3 is 2.86 bits per heavy atom. The Kier molecular flexibility index (Phi) is 5.19. The van der Waals surface area contributed by atoms with Gasteiger partial charge in [0, 0.05) is 19.4 Å². The molecule has 0 aliphatic carbocycles. The third kappa shape index (κ3) is 3.55. The van der Waals surface area contributed by atoms with E-state index in [0.29, 0.717) is 5.13 Å². The molecular weight excluding hydrogens is 392 g/mol. The van der Waals surface area contributed by atoms with Crippen molar-refractivity contribution in [3.05, 3.63) is 48.2 Å². The first-order chi connectivity index (χ1) is 13.6. The molecule has 0 aliphatic heterocycles. The number of carbonyl (C=O) groups is 1. The second-order valence-electron chi connectivity index (χ2n) is 6.38. The average molecular weight is 413 g/mol. The first-order valence-corrected chi connectivity index (χ1v) is 11.0. The number of aryl methyl sites for hydroxylation is 2. The van der Waals surface area contributed by atoms with Gasteiger partial charge in [-0.1, -0.05) is 23.5 Å². The van der Waals surface area contributed by atoms with Crippen LogP contribution < -0.4 is 5.32 Å². The van der Waals surface area contributed by atoms with E-state index in [1.54, 1.807) is 18.0 Å². The largest absolute Gasteiger partial charge is 0.333 e. The smallest absolute Gasteiger partial charge is 0.246 e. The first kappa shape index (κ1) is 18.7. The molecule has 3 heterocycles. The zero-order valence-electron chi connectivity index (χ0n) is 15.8. The number of fused-ring (bicyclic) bond motifs is 1. The first-order valence-electron chi connectivity index (χ1n) is 8.75. The van der Waals surface area contributed by atoms with Gasteiger partial charge in [0.1, 0.15) is 12.4 Å². The number of aromatic nitrogens is 5. The maximum absolute atomic E-state index is 12.7. The summed E-state index contributed by atoms with van der Waals surface area (Å²) in [4.78, 5) is 27.2. The van der Waals surface area contributed by atoms with Gasteiger partial charge in [0.15, 0.2) is 11.0 Å². The number of thiazole rings is 1. The highest BCUT2D eigenvalue weighted by Crippen LogP contribution is 2.31. The SMILES string of the molecule is CSCc1nc2ccccc2n1CC(=O)Nc1nc(C)c(-c2nccn2C)s1. The van der Waals surface area contributed by atoms with Gasteiger partial charge in [0.25, 0.3) is 0 Å². The van der Waals surface area contributed by atoms with E-state index in [2.05, 4.69) is 20.3 Å². The Labute approximate surface area is 170 Å². The fourth-order valence-electron chi connectivity index (χ4n) is 3.09. The van der Waals surface area contributed by atoms with E-state index in [0.717, 1.165) is 39.0 Å². The minimum Gasteiger partial charge on any atom is -0.333 e. The molecule has 9 heteroatoms. The molecule has 1 aromatic carbocycles. The van der Waals surface area contributed by atoms with Crippen molar-refractivity contribution in [2.75, 3.05) is 11.6 Å². The highest BCUT2D eigenvalue weighted by Gasteiger charge is 2.17. The van der Waals surface area contributed by atoms with Crippen molar-refractivity contribution in [1.82, 2.24) is 24.1 Å². The van der Waals surface area contributed by atoms with E-state index in [1.165, 1.54) is 11.3 Å². The van der Waals surface area contributed by atoms with Gasteiger partial charge >= 0.3 is 0 Å². The van der Waals surface area contributed by atoms with Crippen LogP contribution in [0.1, 0.15) is 11.5 Å². The van der Waals surface area contributed by atoms with Crippen molar-refractivity contribution in [3.8, 4) is 10.7 Å². The standard InChI is InChI=1S/C19H20N6OS2/c1-12-17(18-20-8-9-24(18)2)28-19(21-12)23-16(26)10-25-14-7-5-4-6-13(14)22-15(25)11-27-3/h4-9H,10-11H2,1-3H3,(H,21,23,26). The Morgan fingerprint density at radius 1 is 1.29 bits per heavy atom. The molecule has 0 spiro atoms. The van der Waals surface area contributed by atoms with Crippen LogP contribution in [0.15, 0.2) is 36.7 Å². The second kappa shape index (κ2) is 7.76. The number of imidazole rings is 2. The van der Waals surface area contributed by atoms with Crippen LogP contribution in [0.5, 0.6) is 0 Å². The Morgan fingerprint density at radius 2 is 2.11 bits per heavy atom. The topological polar surface area (TPSA) is 77.6 Å². The summed E-state index contributed by atoms with van der Waals surface area (Å²) in [6, 6.07) is 7.88. The van der Waals surface area contributed by atoms with Gasteiger partial charge in [-0.25, -0.2) is 15.0 Å². The number of hydrogen-bond donors (Lipinski definition) is 1. The number of amides is 1. The van der Waals surface area contributed by atoms with Crippen LogP contribution in [-0.2, 0) is 24.1 Å². The van der Waals surface area contributed by atoms with Crippen LogP contribution in [0.25, 0.3) is 21.7 Å². The predicted molar refractivity (Wildman–Crippen MR) is 115 cm³/mol. The quantitative estimate of drug-likeness (QED) is 0.522. The summed E-state index contributed by atoms with van der Waals surface area (Å²) in [5.74, 6) is 2.37. The number of benzene rings is 1. The van der Waals surface area contributed by atoms with Crippen LogP contribution in [0.3, 0.4) is 0 Å². The van der Waals surface area contributed by atoms with Crippen molar-refractivity contribution in [1.29, 1.82) is 0 Å². The van der Waals surface area contributed by atoms with Gasteiger partial charge in [0.05, 0.1) is 27.4 Å². The maximum atomic E-state index is 12.7. The molecule has 7 nitrogen and oxygen atoms in total. The van der Waals surface area contributed by atoms with E-state index in [4.69, 9.17) is 0 Å². The summed E-state index contributed by atoms with van der Waals surface area (Å²) in [5, 5.41) is 3.51. The van der Waals surface area contributed by atoms with Gasteiger partial charge in [-0.3, -0.25) is 4.79 Å². The Balaban J connectivity index is 1.57. The van der Waals surface area contributed by atoms with Crippen LogP contribution >= 0.6 is 23.1 Å². The molecule has 0 aliphatic rings. The molecule has 28 heavy (non-hydrogen) atoms. The lowest BCUT2D eigenvalue weighted by Gasteiger charge is -2.08. The number of carbonyl (C=O) groups excluding carboxylic acids is 1. The molecular formula is C19H20N6OS2. The van der Waals surface area contributed by atoms with E-state index >= 15 is 0 Å². The normalized spacial score (nSPS) is 11.2. The molecule has 0 radical (unpaired) electrons. The van der Waals surface area contributed by atoms with Crippen molar-refractivity contribution in [2.24, 2.45) is 7.05 Å². The van der Waals surface area contributed by atoms with Gasteiger partial charge < -0.3 is 14.5 Å².